The molecule has 18 heavy (non-hydrogen) atoms. The lowest BCUT2D eigenvalue weighted by Gasteiger charge is -2.18. The first-order valence-electron chi connectivity index (χ1n) is 5.12. The molecule has 0 aliphatic heterocycles. The van der Waals surface area contributed by atoms with Gasteiger partial charge in [-0.05, 0) is 18.0 Å². The monoisotopic (exact) mass is 252 g/mol. The van der Waals surface area contributed by atoms with Crippen LogP contribution < -0.4 is 0 Å². The van der Waals surface area contributed by atoms with E-state index in [1.54, 1.807) is 0 Å². The van der Waals surface area contributed by atoms with E-state index in [2.05, 4.69) is 15.0 Å². The van der Waals surface area contributed by atoms with E-state index >= 15 is 0 Å². The number of aromatic carboxylic acids is 1. The first-order valence-corrected chi connectivity index (χ1v) is 5.12. The maximum absolute atomic E-state index is 10.9. The Morgan fingerprint density at radius 1 is 1.56 bits per heavy atom. The molecule has 1 rings (SSSR count). The highest BCUT2D eigenvalue weighted by Crippen LogP contribution is 2.22. The highest BCUT2D eigenvalue weighted by molar-refractivity contribution is 5.89. The number of hydrogen-bond donors (Lipinski definition) is 3. The minimum atomic E-state index is -1.39. The minimum absolute atomic E-state index is 0.0113. The summed E-state index contributed by atoms with van der Waals surface area (Å²) in [6, 6.07) is 1.24. The Morgan fingerprint density at radius 3 is 2.89 bits per heavy atom. The van der Waals surface area contributed by atoms with Crippen LogP contribution in [0.5, 0.6) is 0 Å². The number of azide groups is 1. The van der Waals surface area contributed by atoms with Crippen LogP contribution in [-0.2, 0) is 0 Å². The summed E-state index contributed by atoms with van der Waals surface area (Å²) in [6.07, 6.45) is -0.118. The van der Waals surface area contributed by atoms with E-state index in [9.17, 15) is 15.0 Å². The summed E-state index contributed by atoms with van der Waals surface area (Å²) >= 11 is 0. The molecule has 0 aromatic carbocycles. The quantitative estimate of drug-likeness (QED) is 0.391. The van der Waals surface area contributed by atoms with Crippen LogP contribution in [0.3, 0.4) is 0 Å². The SMILES string of the molecule is [N-]=[N+]=NCCC(O)C(O)c1cnccc1C(=O)O. The molecule has 0 spiro atoms. The van der Waals surface area contributed by atoms with Crippen LogP contribution in [0.2, 0.25) is 0 Å². The van der Waals surface area contributed by atoms with Crippen LogP contribution >= 0.6 is 0 Å². The number of carbonyl (C=O) groups is 1. The molecule has 0 saturated heterocycles. The second-order valence-corrected chi connectivity index (χ2v) is 3.52. The molecule has 0 aliphatic rings. The van der Waals surface area contributed by atoms with Crippen LogP contribution in [0.15, 0.2) is 23.6 Å². The van der Waals surface area contributed by atoms with Crippen molar-refractivity contribution in [1.29, 1.82) is 0 Å². The standard InChI is InChI=1S/C10H12N4O4/c11-14-13-4-2-8(15)9(16)7-5-12-3-1-6(7)10(17)18/h1,3,5,8-9,15-16H,2,4H2,(H,17,18). The van der Waals surface area contributed by atoms with Crippen molar-refractivity contribution in [3.63, 3.8) is 0 Å². The number of rotatable bonds is 6. The topological polar surface area (TPSA) is 139 Å². The molecule has 3 N–H and O–H groups in total. The average Bonchev–Trinajstić information content (AvgIpc) is 2.38. The van der Waals surface area contributed by atoms with E-state index in [1.807, 2.05) is 0 Å². The second-order valence-electron chi connectivity index (χ2n) is 3.52. The third kappa shape index (κ3) is 3.42. The van der Waals surface area contributed by atoms with Crippen molar-refractivity contribution in [3.05, 3.63) is 40.0 Å². The molecule has 0 saturated carbocycles. The molecule has 0 aliphatic carbocycles. The van der Waals surface area contributed by atoms with Crippen molar-refractivity contribution in [3.8, 4) is 0 Å². The van der Waals surface area contributed by atoms with Crippen molar-refractivity contribution < 1.29 is 20.1 Å². The van der Waals surface area contributed by atoms with E-state index in [0.717, 1.165) is 0 Å². The van der Waals surface area contributed by atoms with Gasteiger partial charge in [0.1, 0.15) is 6.10 Å². The summed E-state index contributed by atoms with van der Waals surface area (Å²) in [5.41, 5.74) is 7.98. The van der Waals surface area contributed by atoms with E-state index in [0.29, 0.717) is 0 Å². The smallest absolute Gasteiger partial charge is 0.336 e. The van der Waals surface area contributed by atoms with Crippen molar-refractivity contribution in [2.24, 2.45) is 5.11 Å². The zero-order valence-corrected chi connectivity index (χ0v) is 9.34. The molecular formula is C10H12N4O4. The van der Waals surface area contributed by atoms with Gasteiger partial charge in [0.05, 0.1) is 11.7 Å². The summed E-state index contributed by atoms with van der Waals surface area (Å²) in [7, 11) is 0. The maximum atomic E-state index is 10.9. The normalized spacial score (nSPS) is 13.4. The average molecular weight is 252 g/mol. The number of hydrogen-bond acceptors (Lipinski definition) is 5. The van der Waals surface area contributed by atoms with Crippen molar-refractivity contribution in [2.75, 3.05) is 6.54 Å². The van der Waals surface area contributed by atoms with Gasteiger partial charge in [-0.25, -0.2) is 4.79 Å². The van der Waals surface area contributed by atoms with Crippen molar-refractivity contribution in [1.82, 2.24) is 4.98 Å². The Bertz CT molecular complexity index is 473. The van der Waals surface area contributed by atoms with Gasteiger partial charge in [-0.3, -0.25) is 4.98 Å². The van der Waals surface area contributed by atoms with Gasteiger partial charge >= 0.3 is 5.97 Å². The number of aliphatic hydroxyl groups excluding tert-OH is 2. The van der Waals surface area contributed by atoms with E-state index in [1.165, 1.54) is 18.5 Å². The number of carboxylic acids is 1. The molecule has 0 radical (unpaired) electrons. The fraction of sp³-hybridized carbons (Fsp3) is 0.400. The molecule has 96 valence electrons. The zero-order chi connectivity index (χ0) is 13.5. The van der Waals surface area contributed by atoms with Crippen molar-refractivity contribution in [2.45, 2.75) is 18.6 Å². The summed E-state index contributed by atoms with van der Waals surface area (Å²) in [6.45, 7) is 0.0113. The zero-order valence-electron chi connectivity index (χ0n) is 9.34. The summed E-state index contributed by atoms with van der Waals surface area (Å²) in [5, 5.41) is 31.6. The molecule has 2 unspecified atom stereocenters. The molecule has 0 fully saturated rings. The van der Waals surface area contributed by atoms with E-state index in [4.69, 9.17) is 10.6 Å². The Morgan fingerprint density at radius 2 is 2.28 bits per heavy atom. The Labute approximate surface area is 102 Å². The van der Waals surface area contributed by atoms with Crippen LogP contribution in [-0.4, -0.2) is 38.9 Å². The Hall–Kier alpha value is -2.15. The molecule has 1 heterocycles. The largest absolute Gasteiger partial charge is 0.478 e. The molecule has 0 amide bonds. The van der Waals surface area contributed by atoms with Gasteiger partial charge in [0.15, 0.2) is 0 Å². The van der Waals surface area contributed by atoms with Crippen molar-refractivity contribution >= 4 is 5.97 Å². The molecule has 2 atom stereocenters. The Kier molecular flexibility index (Phi) is 5.06. The highest BCUT2D eigenvalue weighted by atomic mass is 16.4. The van der Waals surface area contributed by atoms with Crippen LogP contribution in [0.4, 0.5) is 0 Å². The predicted octanol–water partition coefficient (Wildman–Crippen LogP) is 0.875. The lowest BCUT2D eigenvalue weighted by atomic mass is 9.99. The number of nitrogens with zero attached hydrogens (tertiary/aromatic N) is 4. The number of pyridine rings is 1. The molecule has 1 aromatic heterocycles. The first-order chi connectivity index (χ1) is 8.57. The van der Waals surface area contributed by atoms with E-state index in [-0.39, 0.29) is 24.1 Å². The lowest BCUT2D eigenvalue weighted by molar-refractivity contribution is 0.0139. The second kappa shape index (κ2) is 6.55. The maximum Gasteiger partial charge on any atom is 0.336 e. The fourth-order valence-corrected chi connectivity index (χ4v) is 1.44. The van der Waals surface area contributed by atoms with Gasteiger partial charge in [0.25, 0.3) is 0 Å². The van der Waals surface area contributed by atoms with E-state index < -0.39 is 18.2 Å². The summed E-state index contributed by atoms with van der Waals surface area (Å²) in [5.74, 6) is -1.21. The van der Waals surface area contributed by atoms with Gasteiger partial charge in [-0.1, -0.05) is 5.11 Å². The van der Waals surface area contributed by atoms with Gasteiger partial charge in [-0.15, -0.1) is 0 Å². The summed E-state index contributed by atoms with van der Waals surface area (Å²) < 4.78 is 0. The molecular weight excluding hydrogens is 240 g/mol. The third-order valence-corrected chi connectivity index (χ3v) is 2.35. The molecule has 1 aromatic rings. The van der Waals surface area contributed by atoms with Crippen LogP contribution in [0.1, 0.15) is 28.4 Å². The summed E-state index contributed by atoms with van der Waals surface area (Å²) in [4.78, 5) is 17.1. The molecule has 8 nitrogen and oxygen atoms in total. The Balaban J connectivity index is 2.85. The van der Waals surface area contributed by atoms with Crippen LogP contribution in [0.25, 0.3) is 10.4 Å². The predicted molar refractivity (Wildman–Crippen MR) is 60.8 cm³/mol. The van der Waals surface area contributed by atoms with Gasteiger partial charge in [0.2, 0.25) is 0 Å². The number of aliphatic hydroxyl groups is 2. The minimum Gasteiger partial charge on any atom is -0.478 e. The van der Waals surface area contributed by atoms with Crippen LogP contribution in [0, 0.1) is 0 Å². The highest BCUT2D eigenvalue weighted by Gasteiger charge is 2.23. The van der Waals surface area contributed by atoms with Gasteiger partial charge in [-0.2, -0.15) is 0 Å². The first kappa shape index (κ1) is 13.9. The van der Waals surface area contributed by atoms with Gasteiger partial charge < -0.3 is 15.3 Å². The molecule has 8 heteroatoms. The number of aromatic nitrogens is 1. The van der Waals surface area contributed by atoms with Gasteiger partial charge in [0, 0.05) is 29.4 Å². The number of carboxylic acid groups (broad SMARTS) is 1. The molecule has 0 bridgehead atoms. The fourth-order valence-electron chi connectivity index (χ4n) is 1.44. The third-order valence-electron chi connectivity index (χ3n) is 2.35. The lowest BCUT2D eigenvalue weighted by Crippen LogP contribution is -2.21.